The van der Waals surface area contributed by atoms with Gasteiger partial charge in [0.2, 0.25) is 0 Å². The summed E-state index contributed by atoms with van der Waals surface area (Å²) in [7, 11) is 1.70. The number of hydrogen-bond acceptors (Lipinski definition) is 3. The van der Waals surface area contributed by atoms with Crippen molar-refractivity contribution in [2.75, 3.05) is 7.11 Å². The van der Waals surface area contributed by atoms with Crippen LogP contribution in [0.2, 0.25) is 0 Å². The van der Waals surface area contributed by atoms with Crippen molar-refractivity contribution >= 4 is 0 Å². The van der Waals surface area contributed by atoms with Crippen LogP contribution in [-0.4, -0.2) is 12.7 Å². The van der Waals surface area contributed by atoms with E-state index in [-0.39, 0.29) is 5.60 Å². The fourth-order valence-electron chi connectivity index (χ4n) is 1.26. The van der Waals surface area contributed by atoms with Crippen molar-refractivity contribution in [1.29, 1.82) is 0 Å². The van der Waals surface area contributed by atoms with Crippen LogP contribution in [0.1, 0.15) is 31.9 Å². The van der Waals surface area contributed by atoms with Gasteiger partial charge >= 0.3 is 0 Å². The molecule has 0 aromatic heterocycles. The predicted molar refractivity (Wildman–Crippen MR) is 64.8 cm³/mol. The number of ether oxygens (including phenoxy) is 1. The zero-order valence-corrected chi connectivity index (χ0v) is 10.5. The van der Waals surface area contributed by atoms with Gasteiger partial charge in [-0.15, -0.1) is 0 Å². The maximum absolute atomic E-state index is 5.44. The second-order valence-electron chi connectivity index (χ2n) is 4.79. The van der Waals surface area contributed by atoms with Crippen LogP contribution < -0.4 is 5.48 Å². The van der Waals surface area contributed by atoms with Crippen LogP contribution in [0.15, 0.2) is 24.3 Å². The van der Waals surface area contributed by atoms with E-state index < -0.39 is 0 Å². The summed E-state index contributed by atoms with van der Waals surface area (Å²) in [5.41, 5.74) is 5.19. The molecule has 0 aliphatic rings. The summed E-state index contributed by atoms with van der Waals surface area (Å²) in [6.45, 7) is 7.42. The topological polar surface area (TPSA) is 30.5 Å². The summed E-state index contributed by atoms with van der Waals surface area (Å²) < 4.78 is 5.05. The number of rotatable bonds is 5. The highest BCUT2D eigenvalue weighted by molar-refractivity contribution is 5.21. The fraction of sp³-hybridized carbons (Fsp3) is 0.538. The fourth-order valence-corrected chi connectivity index (χ4v) is 1.26. The molecule has 0 spiro atoms. The molecule has 1 aromatic carbocycles. The molecule has 0 aliphatic heterocycles. The zero-order chi connectivity index (χ0) is 12.0. The molecule has 3 nitrogen and oxygen atoms in total. The first-order chi connectivity index (χ1) is 7.51. The van der Waals surface area contributed by atoms with Gasteiger partial charge in [-0.05, 0) is 31.9 Å². The van der Waals surface area contributed by atoms with E-state index in [0.29, 0.717) is 13.2 Å². The number of methoxy groups -OCH3 is 1. The van der Waals surface area contributed by atoms with Gasteiger partial charge in [-0.2, -0.15) is 5.48 Å². The Morgan fingerprint density at radius 2 is 1.62 bits per heavy atom. The highest BCUT2D eigenvalue weighted by Crippen LogP contribution is 2.07. The Morgan fingerprint density at radius 1 is 1.06 bits per heavy atom. The summed E-state index contributed by atoms with van der Waals surface area (Å²) in [6.07, 6.45) is 0. The molecule has 0 saturated heterocycles. The van der Waals surface area contributed by atoms with Crippen molar-refractivity contribution in [3.05, 3.63) is 35.4 Å². The van der Waals surface area contributed by atoms with Crippen LogP contribution in [0.25, 0.3) is 0 Å². The van der Waals surface area contributed by atoms with Gasteiger partial charge in [-0.3, -0.25) is 4.84 Å². The molecule has 1 aromatic rings. The molecule has 3 heteroatoms. The normalized spacial score (nSPS) is 11.8. The van der Waals surface area contributed by atoms with Crippen molar-refractivity contribution in [2.24, 2.45) is 0 Å². The van der Waals surface area contributed by atoms with Crippen LogP contribution in [0.3, 0.4) is 0 Å². The lowest BCUT2D eigenvalue weighted by Gasteiger charge is -2.19. The van der Waals surface area contributed by atoms with Crippen LogP contribution >= 0.6 is 0 Å². The van der Waals surface area contributed by atoms with Gasteiger partial charge in [0, 0.05) is 13.7 Å². The van der Waals surface area contributed by atoms with E-state index in [1.165, 1.54) is 11.1 Å². The van der Waals surface area contributed by atoms with Crippen LogP contribution in [0.4, 0.5) is 0 Å². The lowest BCUT2D eigenvalue weighted by atomic mass is 10.1. The zero-order valence-electron chi connectivity index (χ0n) is 10.5. The third-order valence-electron chi connectivity index (χ3n) is 1.99. The van der Waals surface area contributed by atoms with E-state index in [1.807, 2.05) is 20.8 Å². The molecule has 0 bridgehead atoms. The molecule has 90 valence electrons. The number of nitrogens with one attached hydrogen (secondary N) is 1. The summed E-state index contributed by atoms with van der Waals surface area (Å²) in [4.78, 5) is 5.44. The second-order valence-corrected chi connectivity index (χ2v) is 4.79. The molecule has 0 aliphatic carbocycles. The van der Waals surface area contributed by atoms with Crippen LogP contribution in [0.5, 0.6) is 0 Å². The predicted octanol–water partition coefficient (Wildman–Crippen LogP) is 2.65. The quantitative estimate of drug-likeness (QED) is 0.778. The van der Waals surface area contributed by atoms with Gasteiger partial charge in [-0.1, -0.05) is 24.3 Å². The minimum atomic E-state index is -0.157. The van der Waals surface area contributed by atoms with Crippen LogP contribution in [0, 0.1) is 0 Å². The maximum Gasteiger partial charge on any atom is 0.0813 e. The molecular formula is C13H21NO2. The monoisotopic (exact) mass is 223 g/mol. The van der Waals surface area contributed by atoms with Crippen molar-refractivity contribution in [3.63, 3.8) is 0 Å². The largest absolute Gasteiger partial charge is 0.380 e. The van der Waals surface area contributed by atoms with Crippen molar-refractivity contribution in [2.45, 2.75) is 39.5 Å². The van der Waals surface area contributed by atoms with Gasteiger partial charge in [0.1, 0.15) is 0 Å². The Balaban J connectivity index is 2.37. The van der Waals surface area contributed by atoms with E-state index in [2.05, 4.69) is 29.7 Å². The molecule has 0 radical (unpaired) electrons. The molecule has 1 N–H and O–H groups in total. The first kappa shape index (κ1) is 13.2. The summed E-state index contributed by atoms with van der Waals surface area (Å²) in [5, 5.41) is 0. The number of benzene rings is 1. The van der Waals surface area contributed by atoms with Gasteiger partial charge in [-0.25, -0.2) is 0 Å². The van der Waals surface area contributed by atoms with Gasteiger partial charge in [0.25, 0.3) is 0 Å². The molecule has 16 heavy (non-hydrogen) atoms. The lowest BCUT2D eigenvalue weighted by molar-refractivity contribution is -0.0757. The molecular weight excluding hydrogens is 202 g/mol. The van der Waals surface area contributed by atoms with Gasteiger partial charge in [0.15, 0.2) is 0 Å². The Hall–Kier alpha value is -0.900. The second kappa shape index (κ2) is 5.99. The highest BCUT2D eigenvalue weighted by Gasteiger charge is 2.09. The van der Waals surface area contributed by atoms with E-state index in [9.17, 15) is 0 Å². The third kappa shape index (κ3) is 5.26. The van der Waals surface area contributed by atoms with E-state index >= 15 is 0 Å². The minimum absolute atomic E-state index is 0.157. The molecule has 0 fully saturated rings. The maximum atomic E-state index is 5.44. The molecule has 1 rings (SSSR count). The van der Waals surface area contributed by atoms with Crippen molar-refractivity contribution in [1.82, 2.24) is 5.48 Å². The van der Waals surface area contributed by atoms with Gasteiger partial charge < -0.3 is 4.74 Å². The Labute approximate surface area is 97.7 Å². The minimum Gasteiger partial charge on any atom is -0.380 e. The van der Waals surface area contributed by atoms with Crippen LogP contribution in [-0.2, 0) is 22.7 Å². The third-order valence-corrected chi connectivity index (χ3v) is 1.99. The standard InChI is InChI=1S/C13H21NO2/c1-13(2,3)16-14-9-11-5-7-12(8-6-11)10-15-4/h5-8,14H,9-10H2,1-4H3. The summed E-state index contributed by atoms with van der Waals surface area (Å²) in [5.74, 6) is 0. The number of hydroxylamine groups is 1. The average Bonchev–Trinajstić information content (AvgIpc) is 2.19. The molecule has 0 unspecified atom stereocenters. The van der Waals surface area contributed by atoms with Crippen molar-refractivity contribution < 1.29 is 9.57 Å². The van der Waals surface area contributed by atoms with Crippen molar-refractivity contribution in [3.8, 4) is 0 Å². The highest BCUT2D eigenvalue weighted by atomic mass is 16.7. The average molecular weight is 223 g/mol. The lowest BCUT2D eigenvalue weighted by Crippen LogP contribution is -2.28. The Kier molecular flexibility index (Phi) is 4.93. The number of hydrogen-bond donors (Lipinski definition) is 1. The van der Waals surface area contributed by atoms with E-state index in [1.54, 1.807) is 7.11 Å². The SMILES string of the molecule is COCc1ccc(CNOC(C)(C)C)cc1. The first-order valence-electron chi connectivity index (χ1n) is 5.49. The van der Waals surface area contributed by atoms with E-state index in [4.69, 9.17) is 9.57 Å². The Morgan fingerprint density at radius 3 is 2.12 bits per heavy atom. The van der Waals surface area contributed by atoms with Gasteiger partial charge in [0.05, 0.1) is 12.2 Å². The first-order valence-corrected chi connectivity index (χ1v) is 5.49. The molecule has 0 saturated carbocycles. The van der Waals surface area contributed by atoms with E-state index in [0.717, 1.165) is 0 Å². The summed E-state index contributed by atoms with van der Waals surface area (Å²) in [6, 6.07) is 8.29. The molecule has 0 amide bonds. The smallest absolute Gasteiger partial charge is 0.0813 e. The Bertz CT molecular complexity index is 301. The molecule has 0 heterocycles. The molecule has 0 atom stereocenters. The summed E-state index contributed by atoms with van der Waals surface area (Å²) >= 11 is 0.